The number of carbonyl (C=O) groups excluding carboxylic acids is 3. The minimum absolute atomic E-state index is 0.581. The summed E-state index contributed by atoms with van der Waals surface area (Å²) in [6.45, 7) is 9.23. The molecule has 1 rings (SSSR count). The third-order valence-corrected chi connectivity index (χ3v) is 3.93. The lowest BCUT2D eigenvalue weighted by molar-refractivity contribution is -0.291. The molecule has 1 aliphatic heterocycles. The molecule has 0 aromatic heterocycles. The quantitative estimate of drug-likeness (QED) is 0.454. The molecule has 1 heterocycles. The van der Waals surface area contributed by atoms with Gasteiger partial charge in [0.2, 0.25) is 0 Å². The maximum Gasteiger partial charge on any atom is 0.337 e. The fourth-order valence-corrected chi connectivity index (χ4v) is 2.22. The highest BCUT2D eigenvalue weighted by atomic mass is 16.7. The van der Waals surface area contributed by atoms with E-state index >= 15 is 0 Å². The fourth-order valence-electron chi connectivity index (χ4n) is 2.22. The molecule has 10 heteroatoms. The standard InChI is InChI=1S/C18H28O10/c1-7(2)15(21)25-10-11(26-16(22)8(3)4)13(28-17(23)9(5)6)18(24)27-12(10)14(19)20/h7-13,18,24H,1-6H3,(H,19,20)/t10-,11-,12-,13+,18-/m0/s1. The Morgan fingerprint density at radius 2 is 1.07 bits per heavy atom. The Balaban J connectivity index is 3.32. The minimum atomic E-state index is -1.90. The average molecular weight is 404 g/mol. The first-order valence-electron chi connectivity index (χ1n) is 9.04. The van der Waals surface area contributed by atoms with Crippen molar-refractivity contribution in [1.82, 2.24) is 0 Å². The van der Waals surface area contributed by atoms with Gasteiger partial charge in [-0.2, -0.15) is 0 Å². The molecule has 0 amide bonds. The second-order valence-electron chi connectivity index (χ2n) is 7.45. The molecule has 5 atom stereocenters. The predicted molar refractivity (Wildman–Crippen MR) is 92.7 cm³/mol. The molecule has 2 N–H and O–H groups in total. The highest BCUT2D eigenvalue weighted by molar-refractivity contribution is 5.77. The van der Waals surface area contributed by atoms with Crippen LogP contribution in [0.25, 0.3) is 0 Å². The van der Waals surface area contributed by atoms with Crippen molar-refractivity contribution in [3.8, 4) is 0 Å². The van der Waals surface area contributed by atoms with Crippen LogP contribution in [0.1, 0.15) is 41.5 Å². The molecule has 160 valence electrons. The van der Waals surface area contributed by atoms with E-state index in [-0.39, 0.29) is 0 Å². The second kappa shape index (κ2) is 9.83. The molecule has 1 fully saturated rings. The topological polar surface area (TPSA) is 146 Å². The van der Waals surface area contributed by atoms with Gasteiger partial charge in [0, 0.05) is 0 Å². The third kappa shape index (κ3) is 5.90. The SMILES string of the molecule is CC(C)C(=O)O[C@@H]1[C@@H](OC(=O)C(C)C)[C@@H](O)O[C@H](C(=O)O)[C@H]1OC(=O)C(C)C. The summed E-state index contributed by atoms with van der Waals surface area (Å²) in [5.41, 5.74) is 0. The van der Waals surface area contributed by atoms with Crippen molar-refractivity contribution >= 4 is 23.9 Å². The number of hydrogen-bond donors (Lipinski definition) is 2. The third-order valence-electron chi connectivity index (χ3n) is 3.93. The molecule has 0 saturated carbocycles. The van der Waals surface area contributed by atoms with Crippen LogP contribution < -0.4 is 0 Å². The Morgan fingerprint density at radius 1 is 0.714 bits per heavy atom. The lowest BCUT2D eigenvalue weighted by atomic mass is 9.97. The van der Waals surface area contributed by atoms with E-state index in [1.807, 2.05) is 0 Å². The Bertz CT molecular complexity index is 597. The van der Waals surface area contributed by atoms with Crippen molar-refractivity contribution in [1.29, 1.82) is 0 Å². The van der Waals surface area contributed by atoms with E-state index in [4.69, 9.17) is 18.9 Å². The maximum atomic E-state index is 12.2. The number of esters is 3. The van der Waals surface area contributed by atoms with Crippen LogP contribution in [0.4, 0.5) is 0 Å². The Hall–Kier alpha value is -2.20. The molecule has 0 unspecified atom stereocenters. The van der Waals surface area contributed by atoms with Gasteiger partial charge in [-0.05, 0) is 0 Å². The lowest BCUT2D eigenvalue weighted by Gasteiger charge is -2.42. The van der Waals surface area contributed by atoms with Crippen molar-refractivity contribution < 1.29 is 48.3 Å². The molecule has 0 radical (unpaired) electrons. The van der Waals surface area contributed by atoms with Gasteiger partial charge < -0.3 is 29.2 Å². The minimum Gasteiger partial charge on any atom is -0.479 e. The summed E-state index contributed by atoms with van der Waals surface area (Å²) in [6.07, 6.45) is -8.48. The summed E-state index contributed by atoms with van der Waals surface area (Å²) in [4.78, 5) is 47.8. The van der Waals surface area contributed by atoms with Gasteiger partial charge in [0.15, 0.2) is 30.7 Å². The number of carboxylic acids is 1. The summed E-state index contributed by atoms with van der Waals surface area (Å²) in [6, 6.07) is 0. The summed E-state index contributed by atoms with van der Waals surface area (Å²) in [7, 11) is 0. The van der Waals surface area contributed by atoms with Crippen LogP contribution in [-0.4, -0.2) is 64.8 Å². The second-order valence-corrected chi connectivity index (χ2v) is 7.45. The van der Waals surface area contributed by atoms with Crippen LogP contribution >= 0.6 is 0 Å². The highest BCUT2D eigenvalue weighted by Gasteiger charge is 2.54. The summed E-state index contributed by atoms with van der Waals surface area (Å²) in [5, 5.41) is 19.6. The molecule has 0 spiro atoms. The van der Waals surface area contributed by atoms with Gasteiger partial charge in [-0.3, -0.25) is 14.4 Å². The van der Waals surface area contributed by atoms with Gasteiger partial charge in [-0.25, -0.2) is 4.79 Å². The fraction of sp³-hybridized carbons (Fsp3) is 0.778. The van der Waals surface area contributed by atoms with Crippen LogP contribution in [0.3, 0.4) is 0 Å². The highest BCUT2D eigenvalue weighted by Crippen LogP contribution is 2.29. The van der Waals surface area contributed by atoms with Crippen LogP contribution in [0, 0.1) is 17.8 Å². The van der Waals surface area contributed by atoms with Crippen molar-refractivity contribution in [3.05, 3.63) is 0 Å². The van der Waals surface area contributed by atoms with E-state index in [0.29, 0.717) is 0 Å². The van der Waals surface area contributed by atoms with E-state index in [2.05, 4.69) is 0 Å². The van der Waals surface area contributed by atoms with Crippen molar-refractivity contribution in [2.45, 2.75) is 72.2 Å². The molecule has 0 aromatic rings. The Labute approximate surface area is 163 Å². The van der Waals surface area contributed by atoms with E-state index in [1.54, 1.807) is 13.8 Å². The summed E-state index contributed by atoms with van der Waals surface area (Å²) < 4.78 is 20.7. The van der Waals surface area contributed by atoms with Gasteiger partial charge in [0.05, 0.1) is 17.8 Å². The van der Waals surface area contributed by atoms with E-state index in [0.717, 1.165) is 0 Å². The van der Waals surface area contributed by atoms with Crippen LogP contribution in [-0.2, 0) is 38.1 Å². The van der Waals surface area contributed by atoms with E-state index < -0.39 is 72.3 Å². The number of aliphatic hydroxyl groups is 1. The molecular weight excluding hydrogens is 376 g/mol. The molecule has 0 aromatic carbocycles. The number of aliphatic carboxylic acids is 1. The Kier molecular flexibility index (Phi) is 8.37. The zero-order chi connectivity index (χ0) is 21.8. The number of ether oxygens (including phenoxy) is 4. The monoisotopic (exact) mass is 404 g/mol. The van der Waals surface area contributed by atoms with Crippen molar-refractivity contribution in [3.63, 3.8) is 0 Å². The van der Waals surface area contributed by atoms with E-state index in [1.165, 1.54) is 27.7 Å². The molecule has 1 saturated heterocycles. The molecular formula is C18H28O10. The smallest absolute Gasteiger partial charge is 0.337 e. The van der Waals surface area contributed by atoms with Gasteiger partial charge >= 0.3 is 23.9 Å². The first-order chi connectivity index (χ1) is 12.9. The van der Waals surface area contributed by atoms with Gasteiger partial charge in [-0.1, -0.05) is 41.5 Å². The molecule has 0 aliphatic carbocycles. The van der Waals surface area contributed by atoms with Crippen LogP contribution in [0.15, 0.2) is 0 Å². The number of carbonyl (C=O) groups is 4. The Morgan fingerprint density at radius 3 is 1.43 bits per heavy atom. The van der Waals surface area contributed by atoms with Gasteiger partial charge in [0.1, 0.15) is 0 Å². The maximum absolute atomic E-state index is 12.2. The van der Waals surface area contributed by atoms with Crippen LogP contribution in [0.5, 0.6) is 0 Å². The lowest BCUT2D eigenvalue weighted by Crippen LogP contribution is -2.63. The predicted octanol–water partition coefficient (Wildman–Crippen LogP) is 0.492. The summed E-state index contributed by atoms with van der Waals surface area (Å²) in [5.74, 6) is -5.59. The normalized spacial score (nSPS) is 27.6. The van der Waals surface area contributed by atoms with E-state index in [9.17, 15) is 29.4 Å². The first-order valence-corrected chi connectivity index (χ1v) is 9.04. The molecule has 28 heavy (non-hydrogen) atoms. The summed E-state index contributed by atoms with van der Waals surface area (Å²) >= 11 is 0. The number of hydrogen-bond acceptors (Lipinski definition) is 9. The zero-order valence-corrected chi connectivity index (χ0v) is 16.8. The number of carboxylic acid groups (broad SMARTS) is 1. The van der Waals surface area contributed by atoms with Crippen LogP contribution in [0.2, 0.25) is 0 Å². The van der Waals surface area contributed by atoms with Gasteiger partial charge in [-0.15, -0.1) is 0 Å². The van der Waals surface area contributed by atoms with Crippen molar-refractivity contribution in [2.75, 3.05) is 0 Å². The van der Waals surface area contributed by atoms with Gasteiger partial charge in [0.25, 0.3) is 0 Å². The molecule has 1 aliphatic rings. The molecule has 0 bridgehead atoms. The van der Waals surface area contributed by atoms with Crippen molar-refractivity contribution in [2.24, 2.45) is 17.8 Å². The first kappa shape index (κ1) is 23.8. The zero-order valence-electron chi connectivity index (χ0n) is 16.8. The molecule has 10 nitrogen and oxygen atoms in total. The number of rotatable bonds is 7. The average Bonchev–Trinajstić information content (AvgIpc) is 2.58. The largest absolute Gasteiger partial charge is 0.479 e. The number of aliphatic hydroxyl groups excluding tert-OH is 1.